The molecule has 16 heavy (non-hydrogen) atoms. The Hall–Kier alpha value is -0.320. The van der Waals surface area contributed by atoms with Crippen LogP contribution in [0.5, 0.6) is 0 Å². The molecule has 0 spiro atoms. The first-order valence-electron chi connectivity index (χ1n) is 4.26. The van der Waals surface area contributed by atoms with Crippen LogP contribution < -0.4 is 29.6 Å². The van der Waals surface area contributed by atoms with E-state index in [0.717, 1.165) is 14.8 Å². The van der Waals surface area contributed by atoms with Crippen molar-refractivity contribution in [2.24, 2.45) is 0 Å². The van der Waals surface area contributed by atoms with Crippen molar-refractivity contribution in [3.63, 3.8) is 0 Å². The molecule has 1 heterocycles. The molecule has 0 aliphatic rings. The van der Waals surface area contributed by atoms with Crippen molar-refractivity contribution < 1.29 is 39.5 Å². The number of benzene rings is 1. The molecule has 2 aromatic rings. The summed E-state index contributed by atoms with van der Waals surface area (Å²) in [6.07, 6.45) is 0. The van der Waals surface area contributed by atoms with Crippen molar-refractivity contribution in [1.82, 2.24) is 0 Å². The Morgan fingerprint density at radius 1 is 1.12 bits per heavy atom. The number of thiophene rings is 1. The average Bonchev–Trinajstić information content (AvgIpc) is 2.65. The van der Waals surface area contributed by atoms with Crippen LogP contribution >= 0.6 is 22.9 Å². The van der Waals surface area contributed by atoms with Crippen molar-refractivity contribution in [2.75, 3.05) is 0 Å². The Morgan fingerprint density at radius 3 is 2.19 bits per heavy atom. The number of halogens is 1. The molecule has 0 fully saturated rings. The molecule has 0 saturated carbocycles. The van der Waals surface area contributed by atoms with Crippen LogP contribution in [0.3, 0.4) is 0 Å². The smallest absolute Gasteiger partial charge is 0.478 e. The largest absolute Gasteiger partial charge is 1.00 e. The maximum Gasteiger partial charge on any atom is 1.00 e. The molecule has 2 rings (SSSR count). The predicted molar refractivity (Wildman–Crippen MR) is 61.7 cm³/mol. The summed E-state index contributed by atoms with van der Waals surface area (Å²) in [7, 11) is 0. The van der Waals surface area contributed by atoms with E-state index in [1.807, 2.05) is 12.1 Å². The van der Waals surface area contributed by atoms with E-state index in [2.05, 4.69) is 0 Å². The number of hydrogen-bond donors (Lipinski definition) is 1. The van der Waals surface area contributed by atoms with Gasteiger partial charge in [-0.3, -0.25) is 0 Å². The zero-order valence-electron chi connectivity index (χ0n) is 8.61. The fourth-order valence-electron chi connectivity index (χ4n) is 1.25. The van der Waals surface area contributed by atoms with Crippen molar-refractivity contribution in [3.8, 4) is 10.4 Å². The van der Waals surface area contributed by atoms with E-state index in [0.29, 0.717) is 5.56 Å². The molecular weight excluding hydrogens is 255 g/mol. The van der Waals surface area contributed by atoms with Crippen molar-refractivity contribution in [3.05, 3.63) is 46.3 Å². The first kappa shape index (κ1) is 13.7. The van der Waals surface area contributed by atoms with E-state index in [1.54, 1.807) is 24.3 Å². The second-order valence-electron chi connectivity index (χ2n) is 2.99. The van der Waals surface area contributed by atoms with E-state index in [4.69, 9.17) is 16.7 Å². The van der Waals surface area contributed by atoms with Crippen molar-refractivity contribution >= 4 is 28.9 Å². The molecule has 0 bridgehead atoms. The number of rotatable bonds is 2. The molecule has 76 valence electrons. The molecule has 0 atom stereocenters. The van der Waals surface area contributed by atoms with Gasteiger partial charge in [0.25, 0.3) is 0 Å². The van der Waals surface area contributed by atoms with Gasteiger partial charge in [0.05, 0.1) is 9.90 Å². The summed E-state index contributed by atoms with van der Waals surface area (Å²) in [5, 5.41) is 8.73. The van der Waals surface area contributed by atoms with Crippen LogP contribution in [-0.4, -0.2) is 11.1 Å². The van der Waals surface area contributed by atoms with Crippen LogP contribution in [-0.2, 0) is 0 Å². The Kier molecular flexibility index (Phi) is 5.02. The molecular formula is C11H7ClNaO2S+. The fraction of sp³-hybridized carbons (Fsp3) is 0. The quantitative estimate of drug-likeness (QED) is 0.811. The Balaban J connectivity index is 0.00000128. The maximum atomic E-state index is 10.6. The van der Waals surface area contributed by atoms with Crippen LogP contribution in [0.4, 0.5) is 0 Å². The molecule has 0 radical (unpaired) electrons. The molecule has 0 amide bonds. The minimum atomic E-state index is -0.911. The average molecular weight is 262 g/mol. The SMILES string of the molecule is O=C(O)c1ccc(-c2ccc(Cl)s2)cc1.[Na+]. The Morgan fingerprint density at radius 2 is 1.75 bits per heavy atom. The van der Waals surface area contributed by atoms with Gasteiger partial charge in [-0.1, -0.05) is 23.7 Å². The second kappa shape index (κ2) is 5.84. The number of carboxylic acid groups (broad SMARTS) is 1. The number of carboxylic acids is 1. The van der Waals surface area contributed by atoms with Gasteiger partial charge in [-0.25, -0.2) is 4.79 Å². The van der Waals surface area contributed by atoms with Gasteiger partial charge < -0.3 is 5.11 Å². The molecule has 1 aromatic heterocycles. The third kappa shape index (κ3) is 3.09. The van der Waals surface area contributed by atoms with Crippen LogP contribution in [0.1, 0.15) is 10.4 Å². The summed E-state index contributed by atoms with van der Waals surface area (Å²) < 4.78 is 0.729. The molecule has 0 aliphatic heterocycles. The predicted octanol–water partition coefficient (Wildman–Crippen LogP) is 0.771. The van der Waals surface area contributed by atoms with Crippen molar-refractivity contribution in [1.29, 1.82) is 0 Å². The summed E-state index contributed by atoms with van der Waals surface area (Å²) >= 11 is 7.29. The van der Waals surface area contributed by atoms with E-state index in [9.17, 15) is 4.79 Å². The van der Waals surface area contributed by atoms with E-state index in [1.165, 1.54) is 11.3 Å². The third-order valence-corrected chi connectivity index (χ3v) is 3.27. The molecule has 5 heteroatoms. The van der Waals surface area contributed by atoms with Gasteiger partial charge in [0.15, 0.2) is 0 Å². The maximum absolute atomic E-state index is 10.6. The third-order valence-electron chi connectivity index (χ3n) is 1.99. The zero-order chi connectivity index (χ0) is 10.8. The zero-order valence-corrected chi connectivity index (χ0v) is 12.2. The van der Waals surface area contributed by atoms with Gasteiger partial charge in [0, 0.05) is 4.88 Å². The van der Waals surface area contributed by atoms with Crippen LogP contribution in [0.2, 0.25) is 4.34 Å². The number of aromatic carboxylic acids is 1. The van der Waals surface area contributed by atoms with Crippen LogP contribution in [0, 0.1) is 0 Å². The molecule has 2 nitrogen and oxygen atoms in total. The summed E-state index contributed by atoms with van der Waals surface area (Å²) in [6.45, 7) is 0. The topological polar surface area (TPSA) is 37.3 Å². The van der Waals surface area contributed by atoms with Crippen molar-refractivity contribution in [2.45, 2.75) is 0 Å². The molecule has 0 aliphatic carbocycles. The molecule has 0 unspecified atom stereocenters. The van der Waals surface area contributed by atoms with Crippen LogP contribution in [0.15, 0.2) is 36.4 Å². The standard InChI is InChI=1S/C11H7ClO2S.Na/c12-10-6-5-9(15-10)7-1-3-8(4-2-7)11(13)14;/h1-6H,(H,13,14);/q;+1. The van der Waals surface area contributed by atoms with E-state index < -0.39 is 5.97 Å². The van der Waals surface area contributed by atoms with Gasteiger partial charge in [-0.15, -0.1) is 11.3 Å². The minimum Gasteiger partial charge on any atom is -0.478 e. The first-order chi connectivity index (χ1) is 7.16. The number of carbonyl (C=O) groups is 1. The molecule has 1 N–H and O–H groups in total. The Labute approximate surface area is 124 Å². The Bertz CT molecular complexity index is 493. The van der Waals surface area contributed by atoms with E-state index in [-0.39, 0.29) is 29.6 Å². The molecule has 0 saturated heterocycles. The van der Waals surface area contributed by atoms with E-state index >= 15 is 0 Å². The fourth-order valence-corrected chi connectivity index (χ4v) is 2.30. The summed E-state index contributed by atoms with van der Waals surface area (Å²) in [6, 6.07) is 10.5. The number of hydrogen-bond acceptors (Lipinski definition) is 2. The second-order valence-corrected chi connectivity index (χ2v) is 4.70. The van der Waals surface area contributed by atoms with Gasteiger partial charge >= 0.3 is 35.5 Å². The first-order valence-corrected chi connectivity index (χ1v) is 5.45. The minimum absolute atomic E-state index is 0. The monoisotopic (exact) mass is 261 g/mol. The molecule has 1 aromatic carbocycles. The van der Waals surface area contributed by atoms with Gasteiger partial charge in [0.2, 0.25) is 0 Å². The van der Waals surface area contributed by atoms with Gasteiger partial charge in [-0.05, 0) is 29.8 Å². The van der Waals surface area contributed by atoms with Gasteiger partial charge in [0.1, 0.15) is 0 Å². The summed E-state index contributed by atoms with van der Waals surface area (Å²) in [5.41, 5.74) is 1.28. The van der Waals surface area contributed by atoms with Crippen LogP contribution in [0.25, 0.3) is 10.4 Å². The summed E-state index contributed by atoms with van der Waals surface area (Å²) in [5.74, 6) is -0.911. The van der Waals surface area contributed by atoms with Gasteiger partial charge in [-0.2, -0.15) is 0 Å². The normalized spacial score (nSPS) is 9.56. The summed E-state index contributed by atoms with van der Waals surface area (Å²) in [4.78, 5) is 11.7.